The van der Waals surface area contributed by atoms with Crippen molar-refractivity contribution < 1.29 is 28.2 Å². The van der Waals surface area contributed by atoms with Crippen LogP contribution in [0.1, 0.15) is 21.9 Å². The Hall–Kier alpha value is -3.47. The minimum Gasteiger partial charge on any atom is -0.460 e. The van der Waals surface area contributed by atoms with Gasteiger partial charge < -0.3 is 29.7 Å². The molecule has 0 saturated carbocycles. The third kappa shape index (κ3) is 6.51. The molecule has 0 aliphatic carbocycles. The molecule has 3 aromatic rings. The summed E-state index contributed by atoms with van der Waals surface area (Å²) in [6.45, 7) is 1.19. The molecule has 2 aromatic heterocycles. The second kappa shape index (κ2) is 12.0. The molecule has 0 aliphatic heterocycles. The normalized spacial score (nSPS) is 11.5. The molecule has 0 aliphatic rings. The van der Waals surface area contributed by atoms with Crippen LogP contribution in [0.2, 0.25) is 5.02 Å². The Morgan fingerprint density at radius 2 is 1.91 bits per heavy atom. The van der Waals surface area contributed by atoms with Gasteiger partial charge in [0.25, 0.3) is 5.91 Å². The Kier molecular flexibility index (Phi) is 8.76. The van der Waals surface area contributed by atoms with Crippen LogP contribution in [0.25, 0.3) is 16.5 Å². The van der Waals surface area contributed by atoms with Gasteiger partial charge in [0, 0.05) is 36.1 Å². The van der Waals surface area contributed by atoms with E-state index in [1.54, 1.807) is 25.3 Å². The summed E-state index contributed by atoms with van der Waals surface area (Å²) in [5.41, 5.74) is 6.16. The fourth-order valence-corrected chi connectivity index (χ4v) is 3.10. The largest absolute Gasteiger partial charge is 0.460 e. The molecule has 3 N–H and O–H groups in total. The summed E-state index contributed by atoms with van der Waals surface area (Å²) in [4.78, 5) is 33.1. The molecule has 10 nitrogen and oxygen atoms in total. The lowest BCUT2D eigenvalue weighted by Gasteiger charge is -2.07. The van der Waals surface area contributed by atoms with Gasteiger partial charge in [0.05, 0.1) is 31.9 Å². The zero-order valence-electron chi connectivity index (χ0n) is 17.9. The SMILES string of the molecule is COCCOCCOC(=O)c1cc(Cl)cc2cc(CNC(=O)/C(=C/N)c3ncccn3)oc12. The molecule has 0 fully saturated rings. The lowest BCUT2D eigenvalue weighted by atomic mass is 10.1. The van der Waals surface area contributed by atoms with E-state index in [1.807, 2.05) is 0 Å². The second-order valence-corrected chi connectivity index (χ2v) is 7.10. The van der Waals surface area contributed by atoms with Crippen LogP contribution in [0, 0.1) is 0 Å². The monoisotopic (exact) mass is 474 g/mol. The van der Waals surface area contributed by atoms with Crippen molar-refractivity contribution in [2.75, 3.05) is 33.5 Å². The Morgan fingerprint density at radius 1 is 1.15 bits per heavy atom. The topological polar surface area (TPSA) is 139 Å². The summed E-state index contributed by atoms with van der Waals surface area (Å²) in [5, 5.41) is 3.63. The number of hydrogen-bond acceptors (Lipinski definition) is 9. The molecule has 0 bridgehead atoms. The van der Waals surface area contributed by atoms with E-state index in [-0.39, 0.29) is 36.7 Å². The molecule has 174 valence electrons. The number of benzene rings is 1. The number of halogens is 1. The van der Waals surface area contributed by atoms with Crippen molar-refractivity contribution in [3.63, 3.8) is 0 Å². The van der Waals surface area contributed by atoms with Gasteiger partial charge in [0.2, 0.25) is 0 Å². The highest BCUT2D eigenvalue weighted by atomic mass is 35.5. The number of hydrogen-bond donors (Lipinski definition) is 2. The number of aromatic nitrogens is 2. The van der Waals surface area contributed by atoms with Crippen LogP contribution in [-0.2, 0) is 25.5 Å². The number of nitrogens with one attached hydrogen (secondary N) is 1. The van der Waals surface area contributed by atoms with E-state index in [0.29, 0.717) is 35.0 Å². The summed E-state index contributed by atoms with van der Waals surface area (Å²) in [5.74, 6) is -0.472. The number of nitrogens with two attached hydrogens (primary N) is 1. The third-order valence-electron chi connectivity index (χ3n) is 4.39. The molecular weight excluding hydrogens is 452 g/mol. The van der Waals surface area contributed by atoms with Gasteiger partial charge in [0.1, 0.15) is 23.5 Å². The number of carbonyl (C=O) groups is 2. The molecule has 0 atom stereocenters. The van der Waals surface area contributed by atoms with Crippen LogP contribution in [0.15, 0.2) is 47.3 Å². The highest BCUT2D eigenvalue weighted by Crippen LogP contribution is 2.28. The van der Waals surface area contributed by atoms with Gasteiger partial charge in [-0.25, -0.2) is 14.8 Å². The number of esters is 1. The lowest BCUT2D eigenvalue weighted by Crippen LogP contribution is -2.25. The second-order valence-electron chi connectivity index (χ2n) is 6.66. The maximum Gasteiger partial charge on any atom is 0.342 e. The maximum atomic E-state index is 12.5. The van der Waals surface area contributed by atoms with E-state index in [2.05, 4.69) is 15.3 Å². The first kappa shape index (κ1) is 24.2. The highest BCUT2D eigenvalue weighted by Gasteiger charge is 2.19. The van der Waals surface area contributed by atoms with Crippen molar-refractivity contribution >= 4 is 40.0 Å². The minimum absolute atomic E-state index is 0.0388. The van der Waals surface area contributed by atoms with Gasteiger partial charge in [0.15, 0.2) is 5.82 Å². The van der Waals surface area contributed by atoms with Crippen LogP contribution in [0.3, 0.4) is 0 Å². The van der Waals surface area contributed by atoms with E-state index in [1.165, 1.54) is 18.5 Å². The zero-order chi connectivity index (χ0) is 23.6. The van der Waals surface area contributed by atoms with E-state index >= 15 is 0 Å². The molecule has 11 heteroatoms. The number of amides is 1. The van der Waals surface area contributed by atoms with E-state index in [0.717, 1.165) is 6.20 Å². The summed E-state index contributed by atoms with van der Waals surface area (Å²) in [7, 11) is 1.57. The molecule has 1 aromatic carbocycles. The van der Waals surface area contributed by atoms with E-state index in [4.69, 9.17) is 36.0 Å². The fourth-order valence-electron chi connectivity index (χ4n) is 2.88. The number of ether oxygens (including phenoxy) is 3. The van der Waals surface area contributed by atoms with Crippen molar-refractivity contribution in [1.82, 2.24) is 15.3 Å². The summed E-state index contributed by atoms with van der Waals surface area (Å²) < 4.78 is 21.2. The fraction of sp³-hybridized carbons (Fsp3) is 0.273. The molecule has 0 unspecified atom stereocenters. The molecule has 0 spiro atoms. The number of rotatable bonds is 11. The van der Waals surface area contributed by atoms with Crippen molar-refractivity contribution in [2.45, 2.75) is 6.54 Å². The van der Waals surface area contributed by atoms with E-state index in [9.17, 15) is 9.59 Å². The van der Waals surface area contributed by atoms with Gasteiger partial charge in [-0.3, -0.25) is 4.79 Å². The van der Waals surface area contributed by atoms with Gasteiger partial charge >= 0.3 is 5.97 Å². The van der Waals surface area contributed by atoms with Gasteiger partial charge in [-0.2, -0.15) is 0 Å². The minimum atomic E-state index is -0.600. The van der Waals surface area contributed by atoms with Crippen LogP contribution in [0.5, 0.6) is 0 Å². The molecule has 2 heterocycles. The number of furan rings is 1. The van der Waals surface area contributed by atoms with Crippen LogP contribution >= 0.6 is 11.6 Å². The van der Waals surface area contributed by atoms with Crippen molar-refractivity contribution in [3.05, 3.63) is 65.0 Å². The average molecular weight is 475 g/mol. The zero-order valence-corrected chi connectivity index (χ0v) is 18.6. The first-order valence-corrected chi connectivity index (χ1v) is 10.3. The number of carbonyl (C=O) groups excluding carboxylic acids is 2. The number of nitrogens with zero attached hydrogens (tertiary/aromatic N) is 2. The van der Waals surface area contributed by atoms with Crippen molar-refractivity contribution in [3.8, 4) is 0 Å². The van der Waals surface area contributed by atoms with Crippen molar-refractivity contribution in [2.24, 2.45) is 5.73 Å². The molecular formula is C22H23ClN4O6. The third-order valence-corrected chi connectivity index (χ3v) is 4.60. The molecule has 1 amide bonds. The summed E-state index contributed by atoms with van der Waals surface area (Å²) in [6, 6.07) is 6.42. The van der Waals surface area contributed by atoms with E-state index < -0.39 is 11.9 Å². The Bertz CT molecular complexity index is 1130. The standard InChI is InChI=1S/C22H23ClN4O6/c1-30-5-6-31-7-8-32-22(29)17-11-15(23)9-14-10-16(33-19(14)17)13-27-21(28)18(12-24)20-25-3-2-4-26-20/h2-4,9-12H,5-8,13,24H2,1H3,(H,27,28)/b18-12+. The smallest absolute Gasteiger partial charge is 0.342 e. The molecule has 0 radical (unpaired) electrons. The molecule has 3 rings (SSSR count). The summed E-state index contributed by atoms with van der Waals surface area (Å²) in [6.07, 6.45) is 4.15. The number of methoxy groups -OCH3 is 1. The first-order chi connectivity index (χ1) is 16.0. The van der Waals surface area contributed by atoms with Gasteiger partial charge in [-0.1, -0.05) is 11.6 Å². The van der Waals surface area contributed by atoms with Crippen LogP contribution in [0.4, 0.5) is 0 Å². The molecule has 33 heavy (non-hydrogen) atoms. The van der Waals surface area contributed by atoms with Gasteiger partial charge in [-0.15, -0.1) is 0 Å². The Labute approximate surface area is 194 Å². The maximum absolute atomic E-state index is 12.5. The van der Waals surface area contributed by atoms with Gasteiger partial charge in [-0.05, 0) is 24.3 Å². The Balaban J connectivity index is 1.67. The predicted octanol–water partition coefficient (Wildman–Crippen LogP) is 2.31. The predicted molar refractivity (Wildman–Crippen MR) is 120 cm³/mol. The Morgan fingerprint density at radius 3 is 2.64 bits per heavy atom. The van der Waals surface area contributed by atoms with Crippen LogP contribution in [-0.4, -0.2) is 55.4 Å². The first-order valence-electron chi connectivity index (χ1n) is 9.96. The average Bonchev–Trinajstić information content (AvgIpc) is 3.23. The summed E-state index contributed by atoms with van der Waals surface area (Å²) >= 11 is 6.16. The van der Waals surface area contributed by atoms with Crippen molar-refractivity contribution in [1.29, 1.82) is 0 Å². The lowest BCUT2D eigenvalue weighted by molar-refractivity contribution is -0.115. The molecule has 0 saturated heterocycles. The highest BCUT2D eigenvalue weighted by molar-refractivity contribution is 6.32. The van der Waals surface area contributed by atoms with Crippen LogP contribution < -0.4 is 11.1 Å². The quantitative estimate of drug-likeness (QED) is 0.243. The number of fused-ring (bicyclic) bond motifs is 1.